The highest BCUT2D eigenvalue weighted by atomic mass is 32.1. The zero-order valence-electron chi connectivity index (χ0n) is 16.5. The highest BCUT2D eigenvalue weighted by molar-refractivity contribution is 7.10. The Morgan fingerprint density at radius 2 is 2.08 bits per heavy atom. The van der Waals surface area contributed by atoms with Crippen molar-refractivity contribution in [3.63, 3.8) is 0 Å². The number of hydrogen-bond acceptors (Lipinski definition) is 4. The maximum atomic E-state index is 13.1. The number of nitrogens with zero attached hydrogens (tertiary/aromatic N) is 1. The summed E-state index contributed by atoms with van der Waals surface area (Å²) in [5.41, 5.74) is 2.45. The molecule has 144 valence electrons. The molecule has 1 saturated heterocycles. The molecule has 0 aromatic carbocycles. The number of likely N-dealkylation sites (tertiary alicyclic amines) is 1. The van der Waals surface area contributed by atoms with Crippen molar-refractivity contribution in [2.75, 3.05) is 19.7 Å². The molecule has 0 bridgehead atoms. The molecule has 1 aliphatic heterocycles. The molecular weight excluding hydrogens is 346 g/mol. The average Bonchev–Trinajstić information content (AvgIpc) is 3.04. The second-order valence-corrected chi connectivity index (χ2v) is 9.66. The lowest BCUT2D eigenvalue weighted by atomic mass is 9.72. The van der Waals surface area contributed by atoms with E-state index in [0.29, 0.717) is 24.5 Å². The minimum Gasteiger partial charge on any atom is -0.466 e. The minimum absolute atomic E-state index is 0.103. The van der Waals surface area contributed by atoms with Gasteiger partial charge in [0.05, 0.1) is 18.1 Å². The molecule has 4 nitrogen and oxygen atoms in total. The molecule has 26 heavy (non-hydrogen) atoms. The molecular formula is C21H31NO3S. The summed E-state index contributed by atoms with van der Waals surface area (Å²) in [5.74, 6) is 0.447. The maximum Gasteiger partial charge on any atom is 0.310 e. The first-order valence-corrected chi connectivity index (χ1v) is 10.7. The molecule has 5 heteroatoms. The second kappa shape index (κ2) is 7.71. The monoisotopic (exact) mass is 377 g/mol. The lowest BCUT2D eigenvalue weighted by Gasteiger charge is -2.34. The van der Waals surface area contributed by atoms with Crippen LogP contribution in [0.1, 0.15) is 67.8 Å². The molecule has 2 unspecified atom stereocenters. The van der Waals surface area contributed by atoms with E-state index in [9.17, 15) is 9.59 Å². The van der Waals surface area contributed by atoms with Gasteiger partial charge in [0, 0.05) is 23.3 Å². The van der Waals surface area contributed by atoms with E-state index in [2.05, 4.69) is 20.8 Å². The fraction of sp³-hybridized carbons (Fsp3) is 0.714. The molecule has 1 fully saturated rings. The smallest absolute Gasteiger partial charge is 0.310 e. The van der Waals surface area contributed by atoms with Crippen molar-refractivity contribution in [1.82, 2.24) is 4.90 Å². The number of ether oxygens (including phenoxy) is 1. The zero-order chi connectivity index (χ0) is 18.9. The summed E-state index contributed by atoms with van der Waals surface area (Å²) in [4.78, 5) is 28.4. The standard InChI is InChI=1S/C21H31NO3S/c1-5-25-20(24)14-7-6-10-22(12-14)19(23)17-13-26-18-11-15(21(2,3)4)8-9-16(17)18/h13-15H,5-12H2,1-4H3. The van der Waals surface area contributed by atoms with Crippen LogP contribution in [0.4, 0.5) is 0 Å². The Morgan fingerprint density at radius 3 is 2.77 bits per heavy atom. The van der Waals surface area contributed by atoms with Crippen LogP contribution < -0.4 is 0 Å². The Kier molecular flexibility index (Phi) is 5.75. The molecule has 0 radical (unpaired) electrons. The van der Waals surface area contributed by atoms with Crippen LogP contribution in [-0.2, 0) is 22.4 Å². The van der Waals surface area contributed by atoms with Crippen LogP contribution >= 0.6 is 11.3 Å². The van der Waals surface area contributed by atoms with Crippen LogP contribution in [0.15, 0.2) is 5.38 Å². The normalized spacial score (nSPS) is 23.5. The van der Waals surface area contributed by atoms with Crippen molar-refractivity contribution >= 4 is 23.2 Å². The lowest BCUT2D eigenvalue weighted by Crippen LogP contribution is -2.43. The molecule has 1 amide bonds. The van der Waals surface area contributed by atoms with Gasteiger partial charge in [-0.15, -0.1) is 11.3 Å². The number of carbonyl (C=O) groups excluding carboxylic acids is 2. The molecule has 0 spiro atoms. The van der Waals surface area contributed by atoms with E-state index in [1.165, 1.54) is 10.4 Å². The average molecular weight is 378 g/mol. The molecule has 1 aliphatic carbocycles. The number of carbonyl (C=O) groups is 2. The number of piperidine rings is 1. The quantitative estimate of drug-likeness (QED) is 0.737. The summed E-state index contributed by atoms with van der Waals surface area (Å²) in [5, 5.41) is 2.05. The summed E-state index contributed by atoms with van der Waals surface area (Å²) >= 11 is 1.74. The molecule has 0 N–H and O–H groups in total. The van der Waals surface area contributed by atoms with Crippen molar-refractivity contribution in [3.05, 3.63) is 21.4 Å². The third-order valence-electron chi connectivity index (χ3n) is 5.94. The molecule has 2 atom stereocenters. The SMILES string of the molecule is CCOC(=O)C1CCCN(C(=O)c2csc3c2CCC(C(C)(C)C)C3)C1. The summed E-state index contributed by atoms with van der Waals surface area (Å²) < 4.78 is 5.16. The fourth-order valence-electron chi connectivity index (χ4n) is 4.22. The number of thiophene rings is 1. The second-order valence-electron chi connectivity index (χ2n) is 8.70. The molecule has 1 aromatic heterocycles. The van der Waals surface area contributed by atoms with E-state index in [4.69, 9.17) is 4.74 Å². The number of rotatable bonds is 3. The maximum absolute atomic E-state index is 13.1. The van der Waals surface area contributed by atoms with Crippen molar-refractivity contribution in [2.45, 2.75) is 59.8 Å². The number of hydrogen-bond donors (Lipinski definition) is 0. The highest BCUT2D eigenvalue weighted by Crippen LogP contribution is 2.41. The van der Waals surface area contributed by atoms with Crippen LogP contribution in [0.3, 0.4) is 0 Å². The molecule has 1 aromatic rings. The van der Waals surface area contributed by atoms with Gasteiger partial charge in [0.15, 0.2) is 0 Å². The van der Waals surface area contributed by atoms with Crippen LogP contribution in [0.2, 0.25) is 0 Å². The molecule has 3 rings (SSSR count). The van der Waals surface area contributed by atoms with Crippen LogP contribution in [0.5, 0.6) is 0 Å². The van der Waals surface area contributed by atoms with Gasteiger partial charge in [-0.25, -0.2) is 0 Å². The summed E-state index contributed by atoms with van der Waals surface area (Å²) in [7, 11) is 0. The number of amides is 1. The van der Waals surface area contributed by atoms with Gasteiger partial charge in [0.25, 0.3) is 5.91 Å². The van der Waals surface area contributed by atoms with Gasteiger partial charge in [-0.3, -0.25) is 9.59 Å². The van der Waals surface area contributed by atoms with Crippen molar-refractivity contribution in [2.24, 2.45) is 17.3 Å². The van der Waals surface area contributed by atoms with Gasteiger partial charge in [0.2, 0.25) is 0 Å². The topological polar surface area (TPSA) is 46.6 Å². The van der Waals surface area contributed by atoms with E-state index in [1.54, 1.807) is 11.3 Å². The van der Waals surface area contributed by atoms with Gasteiger partial charge in [-0.1, -0.05) is 20.8 Å². The Morgan fingerprint density at radius 1 is 1.31 bits per heavy atom. The predicted molar refractivity (Wildman–Crippen MR) is 105 cm³/mol. The Hall–Kier alpha value is -1.36. The molecule has 2 heterocycles. The zero-order valence-corrected chi connectivity index (χ0v) is 17.3. The third-order valence-corrected chi connectivity index (χ3v) is 6.99. The first kappa shape index (κ1) is 19.4. The Bertz CT molecular complexity index is 673. The van der Waals surface area contributed by atoms with Crippen LogP contribution in [0.25, 0.3) is 0 Å². The molecule has 0 saturated carbocycles. The van der Waals surface area contributed by atoms with Crippen LogP contribution in [-0.4, -0.2) is 36.5 Å². The fourth-order valence-corrected chi connectivity index (χ4v) is 5.37. The number of fused-ring (bicyclic) bond motifs is 1. The highest BCUT2D eigenvalue weighted by Gasteiger charge is 2.34. The van der Waals surface area contributed by atoms with E-state index in [-0.39, 0.29) is 17.8 Å². The summed E-state index contributed by atoms with van der Waals surface area (Å²) in [6, 6.07) is 0. The van der Waals surface area contributed by atoms with Gasteiger partial charge in [-0.2, -0.15) is 0 Å². The van der Waals surface area contributed by atoms with E-state index in [0.717, 1.165) is 44.2 Å². The summed E-state index contributed by atoms with van der Waals surface area (Å²) in [6.07, 6.45) is 4.92. The largest absolute Gasteiger partial charge is 0.466 e. The molecule has 2 aliphatic rings. The predicted octanol–water partition coefficient (Wildman–Crippen LogP) is 4.31. The van der Waals surface area contributed by atoms with Gasteiger partial charge in [-0.05, 0) is 55.9 Å². The first-order chi connectivity index (χ1) is 12.3. The van der Waals surface area contributed by atoms with Gasteiger partial charge in [0.1, 0.15) is 0 Å². The van der Waals surface area contributed by atoms with Gasteiger partial charge < -0.3 is 9.64 Å². The van der Waals surface area contributed by atoms with E-state index in [1.807, 2.05) is 17.2 Å². The third kappa shape index (κ3) is 3.98. The Labute approximate surface area is 160 Å². The van der Waals surface area contributed by atoms with Crippen LogP contribution in [0, 0.1) is 17.3 Å². The van der Waals surface area contributed by atoms with E-state index < -0.39 is 0 Å². The summed E-state index contributed by atoms with van der Waals surface area (Å²) in [6.45, 7) is 10.4. The lowest BCUT2D eigenvalue weighted by molar-refractivity contribution is -0.149. The number of esters is 1. The first-order valence-electron chi connectivity index (χ1n) is 9.86. The minimum atomic E-state index is -0.174. The van der Waals surface area contributed by atoms with Crippen molar-refractivity contribution in [3.8, 4) is 0 Å². The van der Waals surface area contributed by atoms with Crippen molar-refractivity contribution in [1.29, 1.82) is 0 Å². The van der Waals surface area contributed by atoms with Gasteiger partial charge >= 0.3 is 5.97 Å². The van der Waals surface area contributed by atoms with E-state index >= 15 is 0 Å². The Balaban J connectivity index is 1.72. The van der Waals surface area contributed by atoms with Crippen molar-refractivity contribution < 1.29 is 14.3 Å².